The van der Waals surface area contributed by atoms with Gasteiger partial charge in [-0.3, -0.25) is 4.98 Å². The summed E-state index contributed by atoms with van der Waals surface area (Å²) in [5.74, 6) is 0. The summed E-state index contributed by atoms with van der Waals surface area (Å²) in [7, 11) is 0. The minimum Gasteiger partial charge on any atom is -0.392 e. The zero-order valence-corrected chi connectivity index (χ0v) is 12.6. The van der Waals surface area contributed by atoms with Crippen molar-refractivity contribution in [1.29, 1.82) is 0 Å². The van der Waals surface area contributed by atoms with Gasteiger partial charge in [-0.05, 0) is 24.6 Å². The lowest BCUT2D eigenvalue weighted by atomic mass is 10.0. The van der Waals surface area contributed by atoms with Gasteiger partial charge in [-0.15, -0.1) is 0 Å². The Morgan fingerprint density at radius 1 is 1.18 bits per heavy atom. The number of aliphatic hydroxyl groups excluding tert-OH is 1. The minimum atomic E-state index is -0.572. The van der Waals surface area contributed by atoms with Crippen molar-refractivity contribution in [3.63, 3.8) is 0 Å². The Balaban J connectivity index is 2.07. The molecule has 2 atom stereocenters. The molecule has 0 aliphatic rings. The molecule has 0 fully saturated rings. The highest BCUT2D eigenvalue weighted by Gasteiger charge is 2.15. The number of aliphatic hydroxyl groups is 1. The molecule has 0 saturated heterocycles. The SMILES string of the molecule is C[C@@H](O)CNC(=O)NC(Cc1ccccn1)c1ccccc1. The van der Waals surface area contributed by atoms with E-state index in [-0.39, 0.29) is 18.6 Å². The van der Waals surface area contributed by atoms with Crippen LogP contribution < -0.4 is 10.6 Å². The predicted octanol–water partition coefficient (Wildman–Crippen LogP) is 2.05. The molecule has 1 aromatic heterocycles. The molecule has 2 aromatic rings. The average Bonchev–Trinajstić information content (AvgIpc) is 2.54. The fourth-order valence-corrected chi connectivity index (χ4v) is 2.12. The third kappa shape index (κ3) is 5.18. The van der Waals surface area contributed by atoms with Gasteiger partial charge in [0.25, 0.3) is 0 Å². The van der Waals surface area contributed by atoms with Crippen molar-refractivity contribution in [2.24, 2.45) is 0 Å². The highest BCUT2D eigenvalue weighted by atomic mass is 16.3. The van der Waals surface area contributed by atoms with E-state index in [1.54, 1.807) is 13.1 Å². The Morgan fingerprint density at radius 3 is 2.55 bits per heavy atom. The molecule has 1 unspecified atom stereocenters. The van der Waals surface area contributed by atoms with E-state index in [2.05, 4.69) is 15.6 Å². The molecule has 3 N–H and O–H groups in total. The number of pyridine rings is 1. The predicted molar refractivity (Wildman–Crippen MR) is 85.3 cm³/mol. The average molecular weight is 299 g/mol. The van der Waals surface area contributed by atoms with Crippen LogP contribution in [0.2, 0.25) is 0 Å². The van der Waals surface area contributed by atoms with Crippen molar-refractivity contribution in [2.45, 2.75) is 25.5 Å². The van der Waals surface area contributed by atoms with E-state index in [1.807, 2.05) is 48.5 Å². The maximum atomic E-state index is 12.0. The van der Waals surface area contributed by atoms with Crippen LogP contribution in [0.15, 0.2) is 54.7 Å². The molecule has 0 spiro atoms. The first-order valence-electron chi connectivity index (χ1n) is 7.32. The van der Waals surface area contributed by atoms with Gasteiger partial charge >= 0.3 is 6.03 Å². The molecule has 0 radical (unpaired) electrons. The van der Waals surface area contributed by atoms with Crippen molar-refractivity contribution < 1.29 is 9.90 Å². The van der Waals surface area contributed by atoms with Crippen LogP contribution in [0, 0.1) is 0 Å². The van der Waals surface area contributed by atoms with E-state index in [4.69, 9.17) is 0 Å². The quantitative estimate of drug-likeness (QED) is 0.764. The van der Waals surface area contributed by atoms with Gasteiger partial charge in [-0.25, -0.2) is 4.79 Å². The molecule has 0 bridgehead atoms. The van der Waals surface area contributed by atoms with Crippen LogP contribution in [0.25, 0.3) is 0 Å². The monoisotopic (exact) mass is 299 g/mol. The fraction of sp³-hybridized carbons (Fsp3) is 0.294. The van der Waals surface area contributed by atoms with Crippen molar-refractivity contribution >= 4 is 6.03 Å². The number of hydrogen-bond acceptors (Lipinski definition) is 3. The Hall–Kier alpha value is -2.40. The number of nitrogens with zero attached hydrogens (tertiary/aromatic N) is 1. The van der Waals surface area contributed by atoms with E-state index >= 15 is 0 Å². The molecule has 5 nitrogen and oxygen atoms in total. The highest BCUT2D eigenvalue weighted by Crippen LogP contribution is 2.17. The normalized spacial score (nSPS) is 13.2. The highest BCUT2D eigenvalue weighted by molar-refractivity contribution is 5.74. The van der Waals surface area contributed by atoms with Gasteiger partial charge in [0.05, 0.1) is 12.1 Å². The lowest BCUT2D eigenvalue weighted by molar-refractivity contribution is 0.186. The molecule has 0 aliphatic carbocycles. The Morgan fingerprint density at radius 2 is 1.91 bits per heavy atom. The number of carbonyl (C=O) groups excluding carboxylic acids is 1. The van der Waals surface area contributed by atoms with Crippen LogP contribution >= 0.6 is 0 Å². The number of urea groups is 1. The third-order valence-corrected chi connectivity index (χ3v) is 3.20. The molecule has 2 rings (SSSR count). The van der Waals surface area contributed by atoms with Crippen molar-refractivity contribution in [3.05, 3.63) is 66.0 Å². The van der Waals surface area contributed by atoms with Crippen molar-refractivity contribution in [1.82, 2.24) is 15.6 Å². The van der Waals surface area contributed by atoms with E-state index in [0.717, 1.165) is 11.3 Å². The Kier molecular flexibility index (Phi) is 5.91. The summed E-state index contributed by atoms with van der Waals surface area (Å²) in [6.45, 7) is 1.85. The molecule has 1 heterocycles. The number of aromatic nitrogens is 1. The molecule has 0 aliphatic heterocycles. The van der Waals surface area contributed by atoms with Crippen LogP contribution in [0.1, 0.15) is 24.2 Å². The van der Waals surface area contributed by atoms with Crippen LogP contribution in [0.3, 0.4) is 0 Å². The summed E-state index contributed by atoms with van der Waals surface area (Å²) in [5.41, 5.74) is 1.92. The number of amides is 2. The third-order valence-electron chi connectivity index (χ3n) is 3.20. The topological polar surface area (TPSA) is 74.2 Å². The van der Waals surface area contributed by atoms with E-state index in [0.29, 0.717) is 6.42 Å². The second-order valence-electron chi connectivity index (χ2n) is 5.19. The summed E-state index contributed by atoms with van der Waals surface area (Å²) in [5, 5.41) is 14.8. The number of rotatable bonds is 6. The van der Waals surface area contributed by atoms with Gasteiger partial charge in [-0.2, -0.15) is 0 Å². The largest absolute Gasteiger partial charge is 0.392 e. The van der Waals surface area contributed by atoms with Crippen LogP contribution in [-0.4, -0.2) is 28.8 Å². The summed E-state index contributed by atoms with van der Waals surface area (Å²) >= 11 is 0. The molecule has 1 aromatic carbocycles. The summed E-state index contributed by atoms with van der Waals surface area (Å²) < 4.78 is 0. The number of nitrogens with one attached hydrogen (secondary N) is 2. The standard InChI is InChI=1S/C17H21N3O2/c1-13(21)12-19-17(22)20-16(14-7-3-2-4-8-14)11-15-9-5-6-10-18-15/h2-10,13,16,21H,11-12H2,1H3,(H2,19,20,22)/t13-,16?/m1/s1. The lowest BCUT2D eigenvalue weighted by Gasteiger charge is -2.19. The fourth-order valence-electron chi connectivity index (χ4n) is 2.12. The van der Waals surface area contributed by atoms with E-state index < -0.39 is 6.10 Å². The van der Waals surface area contributed by atoms with Gasteiger partial charge in [0.2, 0.25) is 0 Å². The van der Waals surface area contributed by atoms with Crippen LogP contribution in [0.4, 0.5) is 4.79 Å². The van der Waals surface area contributed by atoms with E-state index in [1.165, 1.54) is 0 Å². The molecule has 116 valence electrons. The zero-order valence-electron chi connectivity index (χ0n) is 12.6. The summed E-state index contributed by atoms with van der Waals surface area (Å²) in [4.78, 5) is 16.3. The Bertz CT molecular complexity index is 573. The van der Waals surface area contributed by atoms with Crippen molar-refractivity contribution in [3.8, 4) is 0 Å². The maximum Gasteiger partial charge on any atom is 0.315 e. The van der Waals surface area contributed by atoms with Gasteiger partial charge in [0.1, 0.15) is 0 Å². The van der Waals surface area contributed by atoms with Crippen LogP contribution in [0.5, 0.6) is 0 Å². The molecular formula is C17H21N3O2. The van der Waals surface area contributed by atoms with Crippen molar-refractivity contribution in [2.75, 3.05) is 6.54 Å². The molecule has 2 amide bonds. The number of hydrogen-bond donors (Lipinski definition) is 3. The van der Waals surface area contributed by atoms with Crippen LogP contribution in [-0.2, 0) is 6.42 Å². The van der Waals surface area contributed by atoms with Gasteiger partial charge in [0, 0.05) is 24.9 Å². The first-order valence-corrected chi connectivity index (χ1v) is 7.32. The first-order chi connectivity index (χ1) is 10.6. The summed E-state index contributed by atoms with van der Waals surface area (Å²) in [6, 6.07) is 15.0. The smallest absolute Gasteiger partial charge is 0.315 e. The van der Waals surface area contributed by atoms with Gasteiger partial charge in [-0.1, -0.05) is 36.4 Å². The zero-order chi connectivity index (χ0) is 15.8. The molecular weight excluding hydrogens is 278 g/mol. The molecule has 22 heavy (non-hydrogen) atoms. The molecule has 0 saturated carbocycles. The van der Waals surface area contributed by atoms with E-state index in [9.17, 15) is 9.90 Å². The number of carbonyl (C=O) groups is 1. The second kappa shape index (κ2) is 8.14. The second-order valence-corrected chi connectivity index (χ2v) is 5.19. The maximum absolute atomic E-state index is 12.0. The molecule has 5 heteroatoms. The number of benzene rings is 1. The summed E-state index contributed by atoms with van der Waals surface area (Å²) in [6.07, 6.45) is 1.77. The first kappa shape index (κ1) is 16.0. The van der Waals surface area contributed by atoms with Gasteiger partial charge < -0.3 is 15.7 Å². The minimum absolute atomic E-state index is 0.176. The Labute approximate surface area is 130 Å². The lowest BCUT2D eigenvalue weighted by Crippen LogP contribution is -2.41. The van der Waals surface area contributed by atoms with Gasteiger partial charge in [0.15, 0.2) is 0 Å².